The molecule has 0 radical (unpaired) electrons. The number of H-pyrrole nitrogens is 1. The van der Waals surface area contributed by atoms with E-state index in [1.54, 1.807) is 12.1 Å². The zero-order chi connectivity index (χ0) is 27.6. The van der Waals surface area contributed by atoms with E-state index < -0.39 is 5.91 Å². The number of nitrogens with zero attached hydrogens (tertiary/aromatic N) is 1. The number of rotatable bonds is 10. The highest BCUT2D eigenvalue weighted by Crippen LogP contribution is 2.50. The largest absolute Gasteiger partial charge is 0.382 e. The van der Waals surface area contributed by atoms with Crippen molar-refractivity contribution in [1.82, 2.24) is 9.97 Å². The molecule has 1 unspecified atom stereocenters. The maximum Gasteiger partial charge on any atom is 0.250 e. The smallest absolute Gasteiger partial charge is 0.250 e. The van der Waals surface area contributed by atoms with Crippen LogP contribution in [0.25, 0.3) is 33.5 Å². The van der Waals surface area contributed by atoms with Crippen LogP contribution in [0, 0.1) is 5.82 Å². The summed E-state index contributed by atoms with van der Waals surface area (Å²) >= 11 is 0. The molecular formula is C33H31FN4O2. The van der Waals surface area contributed by atoms with Crippen LogP contribution in [0.15, 0.2) is 78.9 Å². The number of carbonyl (C=O) groups is 1. The number of nitrogens with one attached hydrogen (secondary N) is 2. The number of halogens is 1. The summed E-state index contributed by atoms with van der Waals surface area (Å²) in [7, 11) is 0. The second-order valence-electron chi connectivity index (χ2n) is 10.1. The first-order valence-electron chi connectivity index (χ1n) is 13.7. The van der Waals surface area contributed by atoms with E-state index in [4.69, 9.17) is 15.5 Å². The number of aryl methyl sites for hydroxylation is 1. The van der Waals surface area contributed by atoms with Crippen LogP contribution >= 0.6 is 0 Å². The topological polar surface area (TPSA) is 93.0 Å². The number of imidazole rings is 1. The standard InChI is InChI=1S/C33H31FN4O2/c1-2-40-17-16-36-29-18-20(11-14-26(29)32(35)39)10-13-23-22-6-3-4-7-24(22)31-25(23)8-5-9-27(31)33-37-28-15-12-21(34)19-30(28)38-33/h3-9,11-12,14-15,18-19,23,36H,2,10,13,16-17H2,1H3,(H2,35,39)(H,37,38). The van der Waals surface area contributed by atoms with Gasteiger partial charge in [-0.25, -0.2) is 9.37 Å². The number of ether oxygens (including phenoxy) is 1. The van der Waals surface area contributed by atoms with E-state index in [1.165, 1.54) is 34.4 Å². The van der Waals surface area contributed by atoms with Crippen molar-refractivity contribution < 1.29 is 13.9 Å². The van der Waals surface area contributed by atoms with Crippen LogP contribution in [0.1, 0.15) is 46.3 Å². The lowest BCUT2D eigenvalue weighted by Crippen LogP contribution is -2.17. The number of carbonyl (C=O) groups excluding carboxylic acids is 1. The van der Waals surface area contributed by atoms with Crippen molar-refractivity contribution in [1.29, 1.82) is 0 Å². The van der Waals surface area contributed by atoms with Crippen molar-refractivity contribution >= 4 is 22.6 Å². The third-order valence-corrected chi connectivity index (χ3v) is 7.61. The molecule has 0 saturated heterocycles. The van der Waals surface area contributed by atoms with E-state index in [0.717, 1.165) is 41.0 Å². The molecule has 0 spiro atoms. The zero-order valence-electron chi connectivity index (χ0n) is 22.3. The van der Waals surface area contributed by atoms with E-state index in [9.17, 15) is 9.18 Å². The van der Waals surface area contributed by atoms with Gasteiger partial charge in [-0.3, -0.25) is 4.79 Å². The van der Waals surface area contributed by atoms with Gasteiger partial charge in [0.2, 0.25) is 0 Å². The summed E-state index contributed by atoms with van der Waals surface area (Å²) in [6.07, 6.45) is 1.72. The van der Waals surface area contributed by atoms with E-state index in [2.05, 4.69) is 52.8 Å². The zero-order valence-corrected chi connectivity index (χ0v) is 22.3. The van der Waals surface area contributed by atoms with Crippen molar-refractivity contribution in [3.63, 3.8) is 0 Å². The van der Waals surface area contributed by atoms with E-state index in [1.807, 2.05) is 19.1 Å². The lowest BCUT2D eigenvalue weighted by molar-refractivity contribution is 0.100. The first-order chi connectivity index (χ1) is 19.5. The predicted molar refractivity (Wildman–Crippen MR) is 157 cm³/mol. The summed E-state index contributed by atoms with van der Waals surface area (Å²) in [5.41, 5.74) is 15.3. The first-order valence-corrected chi connectivity index (χ1v) is 13.7. The van der Waals surface area contributed by atoms with Crippen LogP contribution in [0.4, 0.5) is 10.1 Å². The Hall–Kier alpha value is -4.49. The Morgan fingerprint density at radius 3 is 2.70 bits per heavy atom. The Labute approximate surface area is 232 Å². The Balaban J connectivity index is 1.31. The van der Waals surface area contributed by atoms with Crippen LogP contribution in [-0.2, 0) is 11.2 Å². The van der Waals surface area contributed by atoms with Gasteiger partial charge in [-0.1, -0.05) is 48.5 Å². The van der Waals surface area contributed by atoms with Crippen molar-refractivity contribution in [3.05, 3.63) is 107 Å². The van der Waals surface area contributed by atoms with Crippen molar-refractivity contribution in [2.75, 3.05) is 25.1 Å². The molecule has 6 nitrogen and oxygen atoms in total. The normalized spacial score (nSPS) is 13.8. The van der Waals surface area contributed by atoms with E-state index in [-0.39, 0.29) is 11.7 Å². The average molecular weight is 535 g/mol. The molecule has 4 N–H and O–H groups in total. The number of amides is 1. The fourth-order valence-electron chi connectivity index (χ4n) is 5.80. The van der Waals surface area contributed by atoms with E-state index >= 15 is 0 Å². The van der Waals surface area contributed by atoms with E-state index in [0.29, 0.717) is 30.8 Å². The van der Waals surface area contributed by atoms with Gasteiger partial charge in [0.05, 0.1) is 23.2 Å². The monoisotopic (exact) mass is 534 g/mol. The quantitative estimate of drug-likeness (QED) is 0.175. The molecule has 0 aliphatic heterocycles. The molecule has 0 bridgehead atoms. The number of hydrogen-bond acceptors (Lipinski definition) is 4. The summed E-state index contributed by atoms with van der Waals surface area (Å²) in [5.74, 6) is 0.198. The second-order valence-corrected chi connectivity index (χ2v) is 10.1. The molecule has 1 aliphatic carbocycles. The van der Waals surface area contributed by atoms with Gasteiger partial charge < -0.3 is 20.8 Å². The van der Waals surface area contributed by atoms with Gasteiger partial charge >= 0.3 is 0 Å². The molecule has 4 aromatic carbocycles. The first kappa shape index (κ1) is 25.8. The molecule has 1 amide bonds. The number of nitrogens with two attached hydrogens (primary N) is 1. The maximum atomic E-state index is 13.8. The predicted octanol–water partition coefficient (Wildman–Crippen LogP) is 6.66. The number of aromatic amines is 1. The molecule has 40 heavy (non-hydrogen) atoms. The lowest BCUT2D eigenvalue weighted by atomic mass is 9.89. The van der Waals surface area contributed by atoms with Gasteiger partial charge in [0, 0.05) is 30.3 Å². The van der Waals surface area contributed by atoms with Crippen LogP contribution in [0.5, 0.6) is 0 Å². The highest BCUT2D eigenvalue weighted by Gasteiger charge is 2.31. The van der Waals surface area contributed by atoms with Crippen molar-refractivity contribution in [2.45, 2.75) is 25.7 Å². The number of anilines is 1. The second kappa shape index (κ2) is 10.9. The molecule has 5 aromatic rings. The van der Waals surface area contributed by atoms with Crippen LogP contribution in [0.2, 0.25) is 0 Å². The Kier molecular flexibility index (Phi) is 7.05. The van der Waals surface area contributed by atoms with Gasteiger partial charge in [0.15, 0.2) is 0 Å². The summed E-state index contributed by atoms with van der Waals surface area (Å²) in [4.78, 5) is 20.1. The minimum absolute atomic E-state index is 0.207. The molecule has 202 valence electrons. The van der Waals surface area contributed by atoms with Crippen molar-refractivity contribution in [2.24, 2.45) is 5.73 Å². The fourth-order valence-corrected chi connectivity index (χ4v) is 5.80. The molecule has 0 fully saturated rings. The van der Waals surface area contributed by atoms with Gasteiger partial charge in [-0.05, 0) is 77.9 Å². The minimum atomic E-state index is -0.454. The Morgan fingerprint density at radius 1 is 1.02 bits per heavy atom. The third kappa shape index (κ3) is 4.84. The molecule has 1 atom stereocenters. The fraction of sp³-hybridized carbons (Fsp3) is 0.212. The maximum absolute atomic E-state index is 13.8. The lowest BCUT2D eigenvalue weighted by Gasteiger charge is -2.16. The number of aromatic nitrogens is 2. The Morgan fingerprint density at radius 2 is 1.85 bits per heavy atom. The van der Waals surface area contributed by atoms with Crippen molar-refractivity contribution in [3.8, 4) is 22.5 Å². The number of fused-ring (bicyclic) bond motifs is 4. The van der Waals surface area contributed by atoms with Crippen LogP contribution in [0.3, 0.4) is 0 Å². The van der Waals surface area contributed by atoms with Gasteiger partial charge in [0.25, 0.3) is 5.91 Å². The summed E-state index contributed by atoms with van der Waals surface area (Å²) in [5, 5.41) is 3.31. The highest BCUT2D eigenvalue weighted by atomic mass is 19.1. The highest BCUT2D eigenvalue weighted by molar-refractivity contribution is 5.98. The average Bonchev–Trinajstić information content (AvgIpc) is 3.53. The number of hydrogen-bond donors (Lipinski definition) is 3. The van der Waals surface area contributed by atoms with Crippen LogP contribution < -0.4 is 11.1 Å². The van der Waals surface area contributed by atoms with Gasteiger partial charge in [-0.2, -0.15) is 0 Å². The summed E-state index contributed by atoms with van der Waals surface area (Å²) in [6, 6.07) is 25.3. The molecular weight excluding hydrogens is 503 g/mol. The molecule has 1 heterocycles. The summed E-state index contributed by atoms with van der Waals surface area (Å²) in [6.45, 7) is 3.75. The minimum Gasteiger partial charge on any atom is -0.382 e. The summed E-state index contributed by atoms with van der Waals surface area (Å²) < 4.78 is 19.3. The Bertz CT molecular complexity index is 1710. The third-order valence-electron chi connectivity index (χ3n) is 7.61. The molecule has 6 rings (SSSR count). The number of primary amides is 1. The molecule has 1 aromatic heterocycles. The molecule has 1 aliphatic rings. The van der Waals surface area contributed by atoms with Gasteiger partial charge in [0.1, 0.15) is 11.6 Å². The SMILES string of the molecule is CCOCCNc1cc(CCC2c3ccccc3-c3c(-c4nc5ccc(F)cc5[nH]4)cccc32)ccc1C(N)=O. The van der Waals surface area contributed by atoms with Gasteiger partial charge in [-0.15, -0.1) is 0 Å². The molecule has 7 heteroatoms. The number of benzene rings is 4. The van der Waals surface area contributed by atoms with Crippen LogP contribution in [-0.4, -0.2) is 35.6 Å². The molecule has 0 saturated carbocycles.